The van der Waals surface area contributed by atoms with Crippen molar-refractivity contribution in [3.05, 3.63) is 59.8 Å². The number of quaternary nitrogens is 1. The predicted molar refractivity (Wildman–Crippen MR) is 117 cm³/mol. The Balaban J connectivity index is 1.65. The van der Waals surface area contributed by atoms with Crippen LogP contribution < -0.4 is 14.4 Å². The maximum atomic E-state index is 10.7. The van der Waals surface area contributed by atoms with Crippen LogP contribution in [0.15, 0.2) is 48.7 Å². The summed E-state index contributed by atoms with van der Waals surface area (Å²) in [5, 5.41) is 11.8. The third kappa shape index (κ3) is 5.31. The molecule has 1 heterocycles. The van der Waals surface area contributed by atoms with E-state index in [1.54, 1.807) is 7.11 Å². The van der Waals surface area contributed by atoms with E-state index in [0.29, 0.717) is 6.54 Å². The first-order valence-electron chi connectivity index (χ1n) is 10.1. The molecule has 0 aliphatic rings. The monoisotopic (exact) mass is 397 g/mol. The molecule has 0 spiro atoms. The summed E-state index contributed by atoms with van der Waals surface area (Å²) in [4.78, 5) is 4.55. The minimum absolute atomic E-state index is 0.00184. The molecule has 29 heavy (non-hydrogen) atoms. The first-order valence-corrected chi connectivity index (χ1v) is 10.1. The Kier molecular flexibility index (Phi) is 6.50. The van der Waals surface area contributed by atoms with E-state index in [4.69, 9.17) is 9.47 Å². The Morgan fingerprint density at radius 2 is 1.83 bits per heavy atom. The van der Waals surface area contributed by atoms with E-state index >= 15 is 0 Å². The molecule has 0 saturated heterocycles. The van der Waals surface area contributed by atoms with E-state index in [1.807, 2.05) is 36.5 Å². The number of H-pyrrole nitrogens is 1. The second-order valence-electron chi connectivity index (χ2n) is 8.70. The highest BCUT2D eigenvalue weighted by molar-refractivity contribution is 5.89. The van der Waals surface area contributed by atoms with Gasteiger partial charge in [-0.25, -0.2) is 0 Å². The van der Waals surface area contributed by atoms with Crippen molar-refractivity contribution in [2.45, 2.75) is 45.9 Å². The predicted octanol–water partition coefficient (Wildman–Crippen LogP) is 3.11. The van der Waals surface area contributed by atoms with Gasteiger partial charge in [0.05, 0.1) is 12.6 Å². The number of nitrogens with one attached hydrogen (secondary N) is 2. The van der Waals surface area contributed by atoms with E-state index in [1.165, 1.54) is 10.5 Å². The van der Waals surface area contributed by atoms with Gasteiger partial charge >= 0.3 is 0 Å². The molecule has 3 N–H and O–H groups in total. The molecule has 0 saturated carbocycles. The summed E-state index contributed by atoms with van der Waals surface area (Å²) in [6.45, 7) is 10.4. The van der Waals surface area contributed by atoms with E-state index in [2.05, 4.69) is 44.8 Å². The second kappa shape index (κ2) is 8.89. The van der Waals surface area contributed by atoms with Crippen molar-refractivity contribution in [2.24, 2.45) is 0 Å². The van der Waals surface area contributed by atoms with Gasteiger partial charge in [-0.15, -0.1) is 0 Å². The summed E-state index contributed by atoms with van der Waals surface area (Å²) < 4.78 is 11.3. The lowest BCUT2D eigenvalue weighted by Gasteiger charge is -2.34. The number of aromatic amines is 1. The summed E-state index contributed by atoms with van der Waals surface area (Å²) in [7, 11) is 1.67. The lowest BCUT2D eigenvalue weighted by molar-refractivity contribution is -0.962. The number of hydrogen-bond donors (Lipinski definition) is 3. The molecule has 2 aromatic carbocycles. The molecule has 1 unspecified atom stereocenters. The van der Waals surface area contributed by atoms with Gasteiger partial charge < -0.3 is 24.5 Å². The number of rotatable bonds is 8. The fourth-order valence-corrected chi connectivity index (χ4v) is 3.60. The zero-order chi connectivity index (χ0) is 21.0. The number of hydrogen-bond acceptors (Lipinski definition) is 3. The fourth-order valence-electron chi connectivity index (χ4n) is 3.60. The number of ether oxygens (including phenoxy) is 2. The third-order valence-electron chi connectivity index (χ3n) is 5.42. The highest BCUT2D eigenvalue weighted by Crippen LogP contribution is 2.28. The van der Waals surface area contributed by atoms with Crippen LogP contribution in [0.5, 0.6) is 11.5 Å². The topological polar surface area (TPSA) is 58.9 Å². The van der Waals surface area contributed by atoms with E-state index in [9.17, 15) is 5.11 Å². The Bertz CT molecular complexity index is 925. The van der Waals surface area contributed by atoms with Crippen LogP contribution in [0.3, 0.4) is 0 Å². The molecule has 5 heteroatoms. The molecule has 0 amide bonds. The molecule has 3 rings (SSSR count). The molecule has 0 radical (unpaired) electrons. The fraction of sp³-hybridized carbons (Fsp3) is 0.417. The lowest BCUT2D eigenvalue weighted by Crippen LogP contribution is -3.18. The molecule has 0 fully saturated rings. The summed E-state index contributed by atoms with van der Waals surface area (Å²) in [5.74, 6) is 1.67. The molecule has 0 aliphatic heterocycles. The molecule has 3 aromatic rings. The Morgan fingerprint density at radius 1 is 1.10 bits per heavy atom. The van der Waals surface area contributed by atoms with Gasteiger partial charge in [0, 0.05) is 22.7 Å². The highest BCUT2D eigenvalue weighted by atomic mass is 16.5. The second-order valence-corrected chi connectivity index (χ2v) is 8.70. The van der Waals surface area contributed by atoms with Gasteiger partial charge in [-0.1, -0.05) is 6.07 Å². The largest absolute Gasteiger partial charge is 0.497 e. The molecular formula is C24H33N2O3+. The SMILES string of the molecule is COc1ccc(C[NH+](C[C@H](O)COc2cccc3[nH]cc(C)c23)C(C)(C)C)cc1. The molecule has 5 nitrogen and oxygen atoms in total. The van der Waals surface area contributed by atoms with Crippen molar-refractivity contribution in [3.63, 3.8) is 0 Å². The van der Waals surface area contributed by atoms with Crippen molar-refractivity contribution < 1.29 is 19.5 Å². The van der Waals surface area contributed by atoms with Gasteiger partial charge in [-0.05, 0) is 69.7 Å². The van der Waals surface area contributed by atoms with Gasteiger partial charge in [-0.3, -0.25) is 0 Å². The number of aliphatic hydroxyl groups is 1. The van der Waals surface area contributed by atoms with Crippen LogP contribution in [0.1, 0.15) is 31.9 Å². The van der Waals surface area contributed by atoms with Crippen LogP contribution in [-0.2, 0) is 6.54 Å². The minimum Gasteiger partial charge on any atom is -0.497 e. The molecule has 1 aromatic heterocycles. The van der Waals surface area contributed by atoms with Gasteiger partial charge in [0.25, 0.3) is 0 Å². The van der Waals surface area contributed by atoms with Crippen LogP contribution in [-0.4, -0.2) is 42.0 Å². The van der Waals surface area contributed by atoms with Crippen LogP contribution in [0.4, 0.5) is 0 Å². The molecule has 2 atom stereocenters. The van der Waals surface area contributed by atoms with Crippen molar-refractivity contribution in [1.29, 1.82) is 0 Å². The van der Waals surface area contributed by atoms with E-state index in [-0.39, 0.29) is 12.1 Å². The number of aryl methyl sites for hydroxylation is 1. The summed E-state index contributed by atoms with van der Waals surface area (Å²) in [6, 6.07) is 14.1. The van der Waals surface area contributed by atoms with Crippen LogP contribution in [0.25, 0.3) is 10.9 Å². The number of methoxy groups -OCH3 is 1. The molecule has 0 bridgehead atoms. The van der Waals surface area contributed by atoms with Crippen LogP contribution >= 0.6 is 0 Å². The Morgan fingerprint density at radius 3 is 2.48 bits per heavy atom. The first kappa shape index (κ1) is 21.2. The standard InChI is InChI=1S/C24H32N2O3/c1-17-13-25-21-7-6-8-22(23(17)21)29-16-19(27)15-26(24(2,3)4)14-18-9-11-20(28-5)12-10-18/h6-13,19,25,27H,14-16H2,1-5H3/p+1/t19-/m0/s1. The van der Waals surface area contributed by atoms with Crippen molar-refractivity contribution in [1.82, 2.24) is 4.98 Å². The number of aliphatic hydroxyl groups excluding tert-OH is 1. The van der Waals surface area contributed by atoms with Gasteiger partial charge in [0.15, 0.2) is 0 Å². The van der Waals surface area contributed by atoms with Crippen molar-refractivity contribution in [2.75, 3.05) is 20.3 Å². The molecule has 156 valence electrons. The highest BCUT2D eigenvalue weighted by Gasteiger charge is 2.28. The van der Waals surface area contributed by atoms with Gasteiger partial charge in [-0.2, -0.15) is 0 Å². The maximum Gasteiger partial charge on any atom is 0.137 e. The van der Waals surface area contributed by atoms with Crippen LogP contribution in [0.2, 0.25) is 0 Å². The average molecular weight is 398 g/mol. The van der Waals surface area contributed by atoms with Crippen LogP contribution in [0, 0.1) is 6.92 Å². The zero-order valence-electron chi connectivity index (χ0n) is 18.1. The van der Waals surface area contributed by atoms with Gasteiger partial charge in [0.1, 0.15) is 37.3 Å². The first-order chi connectivity index (χ1) is 13.8. The van der Waals surface area contributed by atoms with Gasteiger partial charge in [0.2, 0.25) is 0 Å². The number of aromatic nitrogens is 1. The minimum atomic E-state index is -0.558. The summed E-state index contributed by atoms with van der Waals surface area (Å²) in [5.41, 5.74) is 3.41. The number of fused-ring (bicyclic) bond motifs is 1. The Hall–Kier alpha value is -2.50. The van der Waals surface area contributed by atoms with Crippen molar-refractivity contribution >= 4 is 10.9 Å². The quantitative estimate of drug-likeness (QED) is 0.547. The average Bonchev–Trinajstić information content (AvgIpc) is 3.07. The Labute approximate surface area is 173 Å². The number of benzene rings is 2. The van der Waals surface area contributed by atoms with Crippen molar-refractivity contribution in [3.8, 4) is 11.5 Å². The molecule has 0 aliphatic carbocycles. The third-order valence-corrected chi connectivity index (χ3v) is 5.42. The maximum absolute atomic E-state index is 10.7. The summed E-state index contributed by atoms with van der Waals surface area (Å²) >= 11 is 0. The molecular weight excluding hydrogens is 364 g/mol. The van der Waals surface area contributed by atoms with E-state index in [0.717, 1.165) is 34.5 Å². The zero-order valence-corrected chi connectivity index (χ0v) is 18.1. The lowest BCUT2D eigenvalue weighted by atomic mass is 10.0. The summed E-state index contributed by atoms with van der Waals surface area (Å²) in [6.07, 6.45) is 1.42. The smallest absolute Gasteiger partial charge is 0.137 e. The normalized spacial score (nSPS) is 14.0. The van der Waals surface area contributed by atoms with E-state index < -0.39 is 6.10 Å².